The first kappa shape index (κ1) is 18.3. The van der Waals surface area contributed by atoms with Gasteiger partial charge < -0.3 is 19.4 Å². The second-order valence-corrected chi connectivity index (χ2v) is 7.76. The van der Waals surface area contributed by atoms with Crippen LogP contribution in [0, 0.1) is 13.8 Å². The SMILES string of the molecule is Cc1cc(C(=O)NC2CCOC3(CCOCC3)C2)c(C)n1-c1ccccc1. The lowest BCUT2D eigenvalue weighted by atomic mass is 9.84. The van der Waals surface area contributed by atoms with Crippen molar-refractivity contribution >= 4 is 5.91 Å². The molecule has 5 heteroatoms. The minimum Gasteiger partial charge on any atom is -0.381 e. The lowest BCUT2D eigenvalue weighted by Gasteiger charge is -2.43. The zero-order chi connectivity index (χ0) is 18.9. The Morgan fingerprint density at radius 1 is 1.15 bits per heavy atom. The number of nitrogens with one attached hydrogen (secondary N) is 1. The molecule has 0 bridgehead atoms. The highest BCUT2D eigenvalue weighted by molar-refractivity contribution is 5.96. The van der Waals surface area contributed by atoms with Crippen LogP contribution < -0.4 is 5.32 Å². The van der Waals surface area contributed by atoms with Crippen LogP contribution in [0.25, 0.3) is 5.69 Å². The standard InChI is InChI=1S/C22H28N2O3/c1-16-14-20(17(2)24(16)19-6-4-3-5-7-19)21(25)23-18-8-11-27-22(15-18)9-12-26-13-10-22/h3-7,14,18H,8-13,15H2,1-2H3,(H,23,25). The minimum absolute atomic E-state index is 0.0133. The van der Waals surface area contributed by atoms with Gasteiger partial charge >= 0.3 is 0 Å². The van der Waals surface area contributed by atoms with E-state index in [-0.39, 0.29) is 17.6 Å². The van der Waals surface area contributed by atoms with Gasteiger partial charge in [0.25, 0.3) is 5.91 Å². The van der Waals surface area contributed by atoms with Gasteiger partial charge in [0, 0.05) is 42.9 Å². The van der Waals surface area contributed by atoms with E-state index < -0.39 is 0 Å². The summed E-state index contributed by atoms with van der Waals surface area (Å²) in [6.07, 6.45) is 3.58. The highest BCUT2D eigenvalue weighted by atomic mass is 16.5. The van der Waals surface area contributed by atoms with Crippen molar-refractivity contribution < 1.29 is 14.3 Å². The summed E-state index contributed by atoms with van der Waals surface area (Å²) in [6, 6.07) is 12.3. The van der Waals surface area contributed by atoms with E-state index in [1.807, 2.05) is 38.1 Å². The van der Waals surface area contributed by atoms with Crippen molar-refractivity contribution in [1.82, 2.24) is 9.88 Å². The van der Waals surface area contributed by atoms with Gasteiger partial charge in [-0.15, -0.1) is 0 Å². The number of aryl methyl sites for hydroxylation is 1. The molecule has 1 aromatic heterocycles. The van der Waals surface area contributed by atoms with Crippen LogP contribution in [0.3, 0.4) is 0 Å². The normalized spacial score (nSPS) is 21.9. The molecule has 0 saturated carbocycles. The molecule has 0 radical (unpaired) electrons. The number of hydrogen-bond acceptors (Lipinski definition) is 3. The van der Waals surface area contributed by atoms with Gasteiger partial charge in [0.1, 0.15) is 0 Å². The van der Waals surface area contributed by atoms with E-state index in [0.717, 1.165) is 61.5 Å². The van der Waals surface area contributed by atoms with Crippen LogP contribution in [0.5, 0.6) is 0 Å². The summed E-state index contributed by atoms with van der Waals surface area (Å²) in [5, 5.41) is 3.27. The molecule has 0 aliphatic carbocycles. The minimum atomic E-state index is -0.116. The molecule has 1 unspecified atom stereocenters. The zero-order valence-corrected chi connectivity index (χ0v) is 16.2. The maximum absolute atomic E-state index is 13.0. The van der Waals surface area contributed by atoms with Gasteiger partial charge in [0.05, 0.1) is 11.2 Å². The predicted molar refractivity (Wildman–Crippen MR) is 104 cm³/mol. The largest absolute Gasteiger partial charge is 0.381 e. The molecule has 27 heavy (non-hydrogen) atoms. The number of aromatic nitrogens is 1. The van der Waals surface area contributed by atoms with Crippen molar-refractivity contribution in [2.75, 3.05) is 19.8 Å². The molecule has 2 fully saturated rings. The maximum Gasteiger partial charge on any atom is 0.253 e. The molecular formula is C22H28N2O3. The van der Waals surface area contributed by atoms with Crippen LogP contribution in [-0.2, 0) is 9.47 Å². The second-order valence-electron chi connectivity index (χ2n) is 7.76. The monoisotopic (exact) mass is 368 g/mol. The zero-order valence-electron chi connectivity index (χ0n) is 16.2. The van der Waals surface area contributed by atoms with Gasteiger partial charge in [0.2, 0.25) is 0 Å². The Morgan fingerprint density at radius 2 is 1.89 bits per heavy atom. The van der Waals surface area contributed by atoms with Crippen molar-refractivity contribution in [2.45, 2.75) is 51.2 Å². The van der Waals surface area contributed by atoms with E-state index >= 15 is 0 Å². The lowest BCUT2D eigenvalue weighted by molar-refractivity contribution is -0.139. The van der Waals surface area contributed by atoms with Gasteiger partial charge in [0.15, 0.2) is 0 Å². The summed E-state index contributed by atoms with van der Waals surface area (Å²) in [5.74, 6) is 0.0133. The number of hydrogen-bond donors (Lipinski definition) is 1. The Morgan fingerprint density at radius 3 is 2.63 bits per heavy atom. The number of benzene rings is 1. The number of carbonyl (C=O) groups is 1. The highest BCUT2D eigenvalue weighted by Crippen LogP contribution is 2.34. The van der Waals surface area contributed by atoms with E-state index in [1.165, 1.54) is 0 Å². The third-order valence-electron chi connectivity index (χ3n) is 5.92. The first-order valence-electron chi connectivity index (χ1n) is 9.85. The number of carbonyl (C=O) groups excluding carboxylic acids is 1. The first-order chi connectivity index (χ1) is 13.1. The summed E-state index contributed by atoms with van der Waals surface area (Å²) in [7, 11) is 0. The molecule has 2 aromatic rings. The molecule has 5 nitrogen and oxygen atoms in total. The molecule has 1 atom stereocenters. The Kier molecular flexibility index (Phi) is 5.06. The van der Waals surface area contributed by atoms with Gasteiger partial charge in [-0.3, -0.25) is 4.79 Å². The number of ether oxygens (including phenoxy) is 2. The lowest BCUT2D eigenvalue weighted by Crippen LogP contribution is -2.51. The van der Waals surface area contributed by atoms with E-state index in [0.29, 0.717) is 6.61 Å². The van der Waals surface area contributed by atoms with Gasteiger partial charge in [-0.05, 0) is 57.7 Å². The van der Waals surface area contributed by atoms with Crippen molar-refractivity contribution in [3.8, 4) is 5.69 Å². The molecule has 2 aliphatic heterocycles. The summed E-state index contributed by atoms with van der Waals surface area (Å²) >= 11 is 0. The Hall–Kier alpha value is -2.11. The molecule has 144 valence electrons. The highest BCUT2D eigenvalue weighted by Gasteiger charge is 2.39. The van der Waals surface area contributed by atoms with Gasteiger partial charge in [-0.2, -0.15) is 0 Å². The Labute approximate surface area is 160 Å². The molecule has 1 spiro atoms. The van der Waals surface area contributed by atoms with Crippen LogP contribution in [0.15, 0.2) is 36.4 Å². The van der Waals surface area contributed by atoms with E-state index in [2.05, 4.69) is 22.0 Å². The molecule has 2 aliphatic rings. The molecule has 3 heterocycles. The van der Waals surface area contributed by atoms with Crippen LogP contribution in [-0.4, -0.2) is 41.9 Å². The van der Waals surface area contributed by atoms with E-state index in [9.17, 15) is 4.79 Å². The smallest absolute Gasteiger partial charge is 0.253 e. The van der Waals surface area contributed by atoms with Crippen LogP contribution in [0.1, 0.15) is 47.4 Å². The average molecular weight is 368 g/mol. The molecule has 2 saturated heterocycles. The Bertz CT molecular complexity index is 801. The van der Waals surface area contributed by atoms with Crippen LogP contribution in [0.2, 0.25) is 0 Å². The van der Waals surface area contributed by atoms with Crippen molar-refractivity contribution in [3.63, 3.8) is 0 Å². The molecule has 4 rings (SSSR count). The van der Waals surface area contributed by atoms with Crippen molar-refractivity contribution in [2.24, 2.45) is 0 Å². The number of nitrogens with zero attached hydrogens (tertiary/aromatic N) is 1. The fourth-order valence-electron chi connectivity index (χ4n) is 4.47. The molecule has 1 N–H and O–H groups in total. The van der Waals surface area contributed by atoms with Crippen LogP contribution in [0.4, 0.5) is 0 Å². The molecular weight excluding hydrogens is 340 g/mol. The quantitative estimate of drug-likeness (QED) is 0.901. The summed E-state index contributed by atoms with van der Waals surface area (Å²) < 4.78 is 13.7. The number of amides is 1. The first-order valence-corrected chi connectivity index (χ1v) is 9.85. The third-order valence-corrected chi connectivity index (χ3v) is 5.92. The van der Waals surface area contributed by atoms with Crippen molar-refractivity contribution in [1.29, 1.82) is 0 Å². The van der Waals surface area contributed by atoms with Crippen molar-refractivity contribution in [3.05, 3.63) is 53.3 Å². The molecule has 1 aromatic carbocycles. The van der Waals surface area contributed by atoms with E-state index in [1.54, 1.807) is 0 Å². The third kappa shape index (κ3) is 3.66. The predicted octanol–water partition coefficient (Wildman–Crippen LogP) is 3.55. The molecule has 1 amide bonds. The second kappa shape index (κ2) is 7.49. The maximum atomic E-state index is 13.0. The summed E-state index contributed by atoms with van der Waals surface area (Å²) in [5.41, 5.74) is 3.76. The topological polar surface area (TPSA) is 52.5 Å². The fourth-order valence-corrected chi connectivity index (χ4v) is 4.47. The van der Waals surface area contributed by atoms with E-state index in [4.69, 9.17) is 9.47 Å². The Balaban J connectivity index is 1.50. The van der Waals surface area contributed by atoms with Gasteiger partial charge in [-0.25, -0.2) is 0 Å². The summed E-state index contributed by atoms with van der Waals surface area (Å²) in [4.78, 5) is 13.0. The number of para-hydroxylation sites is 1. The van der Waals surface area contributed by atoms with Gasteiger partial charge in [-0.1, -0.05) is 18.2 Å². The summed E-state index contributed by atoms with van der Waals surface area (Å²) in [6.45, 7) is 6.26. The van der Waals surface area contributed by atoms with Crippen LogP contribution >= 0.6 is 0 Å². The number of rotatable bonds is 3. The average Bonchev–Trinajstić information content (AvgIpc) is 2.97. The fraction of sp³-hybridized carbons (Fsp3) is 0.500.